The fraction of sp³-hybridized carbons (Fsp3) is 0.400. The highest BCUT2D eigenvalue weighted by Gasteiger charge is 1.79. The maximum absolute atomic E-state index is 9.72. The van der Waals surface area contributed by atoms with E-state index >= 15 is 0 Å². The molecule has 0 heterocycles. The standard InChI is InChI=1S/C5H8O/c1-3-5(2)4-6/h1-4H2. The average molecular weight is 84.1 g/mol. The smallest absolute Gasteiger partial charge is 0.104 e. The summed E-state index contributed by atoms with van der Waals surface area (Å²) < 4.78 is 0. The molecule has 0 unspecified atom stereocenters. The zero-order valence-electron chi connectivity index (χ0n) is 3.74. The van der Waals surface area contributed by atoms with E-state index in [2.05, 4.69) is 13.5 Å². The van der Waals surface area contributed by atoms with Gasteiger partial charge in [0.1, 0.15) is 6.42 Å². The van der Waals surface area contributed by atoms with E-state index in [1.165, 1.54) is 0 Å². The SMILES string of the molecule is C=C(C[CH2+])C[O-]. The van der Waals surface area contributed by atoms with Crippen LogP contribution in [0.25, 0.3) is 0 Å². The summed E-state index contributed by atoms with van der Waals surface area (Å²) in [6.07, 6.45) is 0.573. The Morgan fingerprint density at radius 1 is 1.83 bits per heavy atom. The quantitative estimate of drug-likeness (QED) is 0.344. The highest BCUT2D eigenvalue weighted by atomic mass is 16.3. The van der Waals surface area contributed by atoms with E-state index in [9.17, 15) is 5.11 Å². The maximum atomic E-state index is 9.72. The van der Waals surface area contributed by atoms with Crippen LogP contribution in [0.5, 0.6) is 0 Å². The lowest BCUT2D eigenvalue weighted by atomic mass is 10.3. The summed E-state index contributed by atoms with van der Waals surface area (Å²) in [5, 5.41) is 9.72. The molecule has 0 spiro atoms. The summed E-state index contributed by atoms with van der Waals surface area (Å²) in [6.45, 7) is 6.70. The molecule has 0 aromatic carbocycles. The van der Waals surface area contributed by atoms with Crippen molar-refractivity contribution in [2.45, 2.75) is 6.42 Å². The van der Waals surface area contributed by atoms with E-state index < -0.39 is 0 Å². The van der Waals surface area contributed by atoms with Gasteiger partial charge in [-0.05, 0) is 0 Å². The molecule has 0 saturated carbocycles. The van der Waals surface area contributed by atoms with Crippen LogP contribution >= 0.6 is 0 Å². The molecular weight excluding hydrogens is 76.1 g/mol. The summed E-state index contributed by atoms with van der Waals surface area (Å²) in [5.74, 6) is 0. The molecule has 0 aliphatic rings. The first-order chi connectivity index (χ1) is 2.81. The van der Waals surface area contributed by atoms with Crippen LogP contribution in [0.15, 0.2) is 12.2 Å². The molecular formula is C5H8O. The van der Waals surface area contributed by atoms with Crippen molar-refractivity contribution in [2.75, 3.05) is 6.61 Å². The third kappa shape index (κ3) is 1.85. The van der Waals surface area contributed by atoms with Gasteiger partial charge in [-0.3, -0.25) is 0 Å². The van der Waals surface area contributed by atoms with Crippen molar-refractivity contribution in [3.63, 3.8) is 0 Å². The predicted molar refractivity (Wildman–Crippen MR) is 24.0 cm³/mol. The molecule has 0 saturated heterocycles. The molecule has 0 aromatic rings. The molecule has 0 aliphatic heterocycles. The molecule has 6 heavy (non-hydrogen) atoms. The summed E-state index contributed by atoms with van der Waals surface area (Å²) in [7, 11) is 0. The average Bonchev–Trinajstić information content (AvgIpc) is 1.65. The zero-order chi connectivity index (χ0) is 4.99. The first-order valence-corrected chi connectivity index (χ1v) is 1.85. The van der Waals surface area contributed by atoms with Crippen molar-refractivity contribution >= 4 is 0 Å². The monoisotopic (exact) mass is 84.1 g/mol. The Kier molecular flexibility index (Phi) is 2.59. The van der Waals surface area contributed by atoms with Crippen LogP contribution in [-0.4, -0.2) is 6.61 Å². The molecule has 1 nitrogen and oxygen atoms in total. The Hall–Kier alpha value is -0.430. The zero-order valence-corrected chi connectivity index (χ0v) is 3.74. The lowest BCUT2D eigenvalue weighted by Gasteiger charge is -1.97. The molecule has 0 rings (SSSR count). The molecule has 0 radical (unpaired) electrons. The number of hydrogen-bond acceptors (Lipinski definition) is 1. The second-order valence-electron chi connectivity index (χ2n) is 1.14. The molecule has 0 bridgehead atoms. The predicted octanol–water partition coefficient (Wildman–Crippen LogP) is 0.127. The fourth-order valence-electron chi connectivity index (χ4n) is 0.0722. The van der Waals surface area contributed by atoms with E-state index in [4.69, 9.17) is 0 Å². The molecule has 0 aromatic heterocycles. The van der Waals surface area contributed by atoms with Gasteiger partial charge in [0, 0.05) is 0 Å². The van der Waals surface area contributed by atoms with E-state index in [-0.39, 0.29) is 6.61 Å². The van der Waals surface area contributed by atoms with Crippen LogP contribution < -0.4 is 5.11 Å². The van der Waals surface area contributed by atoms with Gasteiger partial charge in [0.05, 0.1) is 6.92 Å². The first kappa shape index (κ1) is 5.57. The minimum atomic E-state index is -0.177. The molecule has 0 fully saturated rings. The van der Waals surface area contributed by atoms with E-state index in [0.29, 0.717) is 12.0 Å². The van der Waals surface area contributed by atoms with Crippen LogP contribution in [-0.2, 0) is 0 Å². The highest BCUT2D eigenvalue weighted by Crippen LogP contribution is 1.87. The third-order valence-electron chi connectivity index (χ3n) is 0.558. The van der Waals surface area contributed by atoms with E-state index in [0.717, 1.165) is 0 Å². The second-order valence-corrected chi connectivity index (χ2v) is 1.14. The Bertz CT molecular complexity index is 41.9. The molecule has 34 valence electrons. The van der Waals surface area contributed by atoms with Gasteiger partial charge in [0.25, 0.3) is 0 Å². The molecule has 1 heteroatoms. The Balaban J connectivity index is 2.99. The minimum Gasteiger partial charge on any atom is -0.851 e. The van der Waals surface area contributed by atoms with Gasteiger partial charge in [-0.25, -0.2) is 0 Å². The molecule has 0 N–H and O–H groups in total. The van der Waals surface area contributed by atoms with Crippen molar-refractivity contribution < 1.29 is 5.11 Å². The van der Waals surface area contributed by atoms with Gasteiger partial charge < -0.3 is 5.11 Å². The maximum Gasteiger partial charge on any atom is 0.104 e. The van der Waals surface area contributed by atoms with Gasteiger partial charge >= 0.3 is 0 Å². The van der Waals surface area contributed by atoms with Crippen LogP contribution in [0.3, 0.4) is 0 Å². The van der Waals surface area contributed by atoms with Gasteiger partial charge in [-0.2, -0.15) is 0 Å². The largest absolute Gasteiger partial charge is 0.851 e. The number of hydrogen-bond donors (Lipinski definition) is 0. The van der Waals surface area contributed by atoms with Crippen molar-refractivity contribution in [1.82, 2.24) is 0 Å². The number of rotatable bonds is 2. The van der Waals surface area contributed by atoms with E-state index in [1.54, 1.807) is 0 Å². The minimum absolute atomic E-state index is 0.177. The van der Waals surface area contributed by atoms with Crippen LogP contribution in [0.2, 0.25) is 0 Å². The van der Waals surface area contributed by atoms with Gasteiger partial charge in [0.2, 0.25) is 0 Å². The second kappa shape index (κ2) is 2.79. The Morgan fingerprint density at radius 2 is 2.33 bits per heavy atom. The normalized spacial score (nSPS) is 8.17. The van der Waals surface area contributed by atoms with Crippen molar-refractivity contribution in [3.8, 4) is 0 Å². The van der Waals surface area contributed by atoms with E-state index in [1.807, 2.05) is 0 Å². The van der Waals surface area contributed by atoms with Crippen LogP contribution in [0.4, 0.5) is 0 Å². The first-order valence-electron chi connectivity index (χ1n) is 1.85. The summed E-state index contributed by atoms with van der Waals surface area (Å²) >= 11 is 0. The van der Waals surface area contributed by atoms with Crippen molar-refractivity contribution in [2.24, 2.45) is 0 Å². The van der Waals surface area contributed by atoms with Crippen molar-refractivity contribution in [3.05, 3.63) is 19.1 Å². The molecule has 0 aliphatic carbocycles. The van der Waals surface area contributed by atoms with Gasteiger partial charge in [-0.1, -0.05) is 12.2 Å². The topological polar surface area (TPSA) is 23.1 Å². The fourth-order valence-corrected chi connectivity index (χ4v) is 0.0722. The van der Waals surface area contributed by atoms with Gasteiger partial charge in [-0.15, -0.1) is 6.61 Å². The summed E-state index contributed by atoms with van der Waals surface area (Å²) in [6, 6.07) is 0. The van der Waals surface area contributed by atoms with Crippen molar-refractivity contribution in [1.29, 1.82) is 0 Å². The van der Waals surface area contributed by atoms with Gasteiger partial charge in [0.15, 0.2) is 0 Å². The summed E-state index contributed by atoms with van der Waals surface area (Å²) in [4.78, 5) is 0. The van der Waals surface area contributed by atoms with Crippen LogP contribution in [0.1, 0.15) is 6.42 Å². The van der Waals surface area contributed by atoms with Crippen LogP contribution in [0, 0.1) is 6.92 Å². The molecule has 0 amide bonds. The third-order valence-corrected chi connectivity index (χ3v) is 0.558. The lowest BCUT2D eigenvalue weighted by molar-refractivity contribution is -0.356. The lowest BCUT2D eigenvalue weighted by Crippen LogP contribution is -2.06. The summed E-state index contributed by atoms with van der Waals surface area (Å²) in [5.41, 5.74) is 0.676. The highest BCUT2D eigenvalue weighted by molar-refractivity contribution is 4.93. The Labute approximate surface area is 38.3 Å². The molecule has 0 atom stereocenters. The Morgan fingerprint density at radius 3 is 2.33 bits per heavy atom.